The minimum Gasteiger partial charge on any atom is -0.494 e. The van der Waals surface area contributed by atoms with Crippen LogP contribution in [0.25, 0.3) is 16.6 Å². The van der Waals surface area contributed by atoms with E-state index in [0.717, 1.165) is 17.7 Å². The van der Waals surface area contributed by atoms with Gasteiger partial charge in [-0.05, 0) is 42.3 Å². The Kier molecular flexibility index (Phi) is 4.94. The molecule has 0 atom stereocenters. The molecule has 0 saturated carbocycles. The molecule has 0 saturated heterocycles. The number of nitrogens with zero attached hydrogens (tertiary/aromatic N) is 3. The van der Waals surface area contributed by atoms with Crippen LogP contribution in [-0.2, 0) is 6.54 Å². The number of rotatable bonds is 6. The highest BCUT2D eigenvalue weighted by Gasteiger charge is 2.19. The molecule has 4 rings (SSSR count). The molecule has 0 aliphatic heterocycles. The highest BCUT2D eigenvalue weighted by Crippen LogP contribution is 2.15. The van der Waals surface area contributed by atoms with Crippen molar-refractivity contribution in [3.8, 4) is 5.75 Å². The van der Waals surface area contributed by atoms with E-state index in [1.807, 2.05) is 31.2 Å². The maximum absolute atomic E-state index is 13.4. The zero-order valence-corrected chi connectivity index (χ0v) is 15.6. The summed E-state index contributed by atoms with van der Waals surface area (Å²) in [4.78, 5) is 27.6. The summed E-state index contributed by atoms with van der Waals surface area (Å²) in [5.74, 6) is -0.254. The van der Waals surface area contributed by atoms with Gasteiger partial charge in [0.25, 0.3) is 11.5 Å². The minimum atomic E-state index is -0.573. The van der Waals surface area contributed by atoms with Crippen LogP contribution < -0.4 is 15.6 Å². The molecular formula is C20H18FN5O3. The first-order chi connectivity index (χ1) is 14.1. The van der Waals surface area contributed by atoms with Gasteiger partial charge in [0.05, 0.1) is 17.6 Å². The van der Waals surface area contributed by atoms with Crippen LogP contribution in [0.1, 0.15) is 29.4 Å². The lowest BCUT2D eigenvalue weighted by atomic mass is 10.2. The van der Waals surface area contributed by atoms with Crippen molar-refractivity contribution in [2.45, 2.75) is 19.9 Å². The lowest BCUT2D eigenvalue weighted by Gasteiger charge is -2.07. The van der Waals surface area contributed by atoms with Gasteiger partial charge in [-0.1, -0.05) is 24.3 Å². The number of halogens is 1. The zero-order chi connectivity index (χ0) is 20.4. The third-order valence-electron chi connectivity index (χ3n) is 4.38. The summed E-state index contributed by atoms with van der Waals surface area (Å²) in [5, 5.41) is 10.5. The Hall–Kier alpha value is -3.75. The number of amides is 1. The van der Waals surface area contributed by atoms with E-state index in [1.165, 1.54) is 22.7 Å². The summed E-state index contributed by atoms with van der Waals surface area (Å²) in [6, 6.07) is 11.3. The maximum atomic E-state index is 13.4. The second-order valence-electron chi connectivity index (χ2n) is 6.49. The molecule has 148 valence electrons. The van der Waals surface area contributed by atoms with Crippen molar-refractivity contribution in [1.29, 1.82) is 0 Å². The van der Waals surface area contributed by atoms with Gasteiger partial charge in [-0.15, -0.1) is 5.10 Å². The van der Waals surface area contributed by atoms with Crippen molar-refractivity contribution in [2.24, 2.45) is 0 Å². The molecule has 2 heterocycles. The Balaban J connectivity index is 1.56. The Bertz CT molecular complexity index is 1250. The molecule has 2 N–H and O–H groups in total. The quantitative estimate of drug-likeness (QED) is 0.522. The maximum Gasteiger partial charge on any atom is 0.277 e. The summed E-state index contributed by atoms with van der Waals surface area (Å²) in [6.45, 7) is 2.93. The normalized spacial score (nSPS) is 11.1. The average molecular weight is 395 g/mol. The van der Waals surface area contributed by atoms with Crippen molar-refractivity contribution in [3.63, 3.8) is 0 Å². The van der Waals surface area contributed by atoms with E-state index in [2.05, 4.69) is 20.6 Å². The number of carbonyl (C=O) groups is 1. The standard InChI is InChI=1S/C20H18FN5O3/c1-2-9-29-14-6-3-12(4-7-14)11-22-19(27)17-18-20(28)23-15-10-13(21)5-8-16(15)26(18)25-24-17/h3-8,10H,2,9,11H2,1H3,(H,22,27)(H,23,28). The molecule has 9 heteroatoms. The first-order valence-electron chi connectivity index (χ1n) is 9.13. The number of benzene rings is 2. The van der Waals surface area contributed by atoms with Gasteiger partial charge in [0, 0.05) is 6.54 Å². The van der Waals surface area contributed by atoms with Crippen molar-refractivity contribution in [3.05, 3.63) is 69.9 Å². The molecule has 0 aliphatic carbocycles. The summed E-state index contributed by atoms with van der Waals surface area (Å²) < 4.78 is 20.2. The molecule has 2 aromatic carbocycles. The number of aromatic nitrogens is 4. The van der Waals surface area contributed by atoms with Crippen molar-refractivity contribution < 1.29 is 13.9 Å². The molecule has 0 fully saturated rings. The Morgan fingerprint density at radius 2 is 2.03 bits per heavy atom. The van der Waals surface area contributed by atoms with Gasteiger partial charge in [-0.2, -0.15) is 0 Å². The Morgan fingerprint density at radius 3 is 2.79 bits per heavy atom. The van der Waals surface area contributed by atoms with Gasteiger partial charge >= 0.3 is 0 Å². The molecule has 29 heavy (non-hydrogen) atoms. The topological polar surface area (TPSA) is 101 Å². The fraction of sp³-hybridized carbons (Fsp3) is 0.200. The second kappa shape index (κ2) is 7.70. The summed E-state index contributed by atoms with van der Waals surface area (Å²) in [7, 11) is 0. The number of hydrogen-bond acceptors (Lipinski definition) is 5. The van der Waals surface area contributed by atoms with Crippen molar-refractivity contribution in [2.75, 3.05) is 6.61 Å². The predicted molar refractivity (Wildman–Crippen MR) is 104 cm³/mol. The highest BCUT2D eigenvalue weighted by molar-refractivity contribution is 5.99. The Morgan fingerprint density at radius 1 is 1.24 bits per heavy atom. The van der Waals surface area contributed by atoms with Gasteiger partial charge in [0.15, 0.2) is 11.2 Å². The van der Waals surface area contributed by atoms with Crippen LogP contribution in [0, 0.1) is 5.82 Å². The van der Waals surface area contributed by atoms with Crippen LogP contribution >= 0.6 is 0 Å². The van der Waals surface area contributed by atoms with Gasteiger partial charge in [-0.25, -0.2) is 8.91 Å². The molecule has 0 unspecified atom stereocenters. The monoisotopic (exact) mass is 395 g/mol. The SMILES string of the molecule is CCCOc1ccc(CNC(=O)c2nnn3c2c(=O)[nH]c2cc(F)ccc23)cc1. The number of H-pyrrole nitrogens is 1. The first kappa shape index (κ1) is 18.6. The predicted octanol–water partition coefficient (Wildman–Crippen LogP) is 2.43. The minimum absolute atomic E-state index is 0.00456. The van der Waals surface area contributed by atoms with Crippen LogP contribution in [0.2, 0.25) is 0 Å². The molecule has 2 aromatic heterocycles. The highest BCUT2D eigenvalue weighted by atomic mass is 19.1. The van der Waals surface area contributed by atoms with E-state index in [4.69, 9.17) is 4.74 Å². The lowest BCUT2D eigenvalue weighted by molar-refractivity contribution is 0.0947. The molecule has 8 nitrogen and oxygen atoms in total. The van der Waals surface area contributed by atoms with Gasteiger partial charge in [0.2, 0.25) is 0 Å². The molecule has 0 spiro atoms. The second-order valence-corrected chi connectivity index (χ2v) is 6.49. The van der Waals surface area contributed by atoms with Gasteiger partial charge in [0.1, 0.15) is 11.6 Å². The van der Waals surface area contributed by atoms with E-state index in [-0.39, 0.29) is 23.3 Å². The van der Waals surface area contributed by atoms with E-state index < -0.39 is 17.3 Å². The van der Waals surface area contributed by atoms with Gasteiger partial charge in [-0.3, -0.25) is 9.59 Å². The van der Waals surface area contributed by atoms with Crippen LogP contribution in [0.5, 0.6) is 5.75 Å². The molecule has 0 aliphatic rings. The van der Waals surface area contributed by atoms with Crippen molar-refractivity contribution in [1.82, 2.24) is 25.1 Å². The number of fused-ring (bicyclic) bond motifs is 3. The fourth-order valence-corrected chi connectivity index (χ4v) is 2.97. The van der Waals surface area contributed by atoms with E-state index in [0.29, 0.717) is 12.1 Å². The number of nitrogens with one attached hydrogen (secondary N) is 2. The molecule has 1 amide bonds. The zero-order valence-electron chi connectivity index (χ0n) is 15.6. The molecule has 4 aromatic rings. The summed E-state index contributed by atoms with van der Waals surface area (Å²) in [5.41, 5.74) is 0.912. The van der Waals surface area contributed by atoms with Crippen LogP contribution in [0.15, 0.2) is 47.3 Å². The average Bonchev–Trinajstić information content (AvgIpc) is 3.17. The third kappa shape index (κ3) is 3.66. The van der Waals surface area contributed by atoms with Crippen LogP contribution in [0.3, 0.4) is 0 Å². The van der Waals surface area contributed by atoms with E-state index >= 15 is 0 Å². The van der Waals surface area contributed by atoms with E-state index in [1.54, 1.807) is 0 Å². The Labute approximate surface area is 164 Å². The number of aromatic amines is 1. The van der Waals surface area contributed by atoms with Gasteiger partial charge < -0.3 is 15.0 Å². The third-order valence-corrected chi connectivity index (χ3v) is 4.38. The van der Waals surface area contributed by atoms with Crippen LogP contribution in [-0.4, -0.2) is 32.3 Å². The number of hydrogen-bond donors (Lipinski definition) is 2. The number of carbonyl (C=O) groups excluding carboxylic acids is 1. The molecule has 0 radical (unpaired) electrons. The van der Waals surface area contributed by atoms with Crippen LogP contribution in [0.4, 0.5) is 4.39 Å². The lowest BCUT2D eigenvalue weighted by Crippen LogP contribution is -2.25. The summed E-state index contributed by atoms with van der Waals surface area (Å²) >= 11 is 0. The largest absolute Gasteiger partial charge is 0.494 e. The van der Waals surface area contributed by atoms with Crippen molar-refractivity contribution >= 4 is 22.5 Å². The molecular weight excluding hydrogens is 377 g/mol. The number of ether oxygens (including phenoxy) is 1. The van der Waals surface area contributed by atoms with E-state index in [9.17, 15) is 14.0 Å². The smallest absolute Gasteiger partial charge is 0.277 e. The fourth-order valence-electron chi connectivity index (χ4n) is 2.97. The molecule has 0 bridgehead atoms. The summed E-state index contributed by atoms with van der Waals surface area (Å²) in [6.07, 6.45) is 0.924. The first-order valence-corrected chi connectivity index (χ1v) is 9.13.